The second-order valence-corrected chi connectivity index (χ2v) is 4.61. The average molecular weight is 321 g/mol. The molecule has 0 aliphatic heterocycles. The van der Waals surface area contributed by atoms with E-state index in [0.29, 0.717) is 16.6 Å². The van der Waals surface area contributed by atoms with Crippen LogP contribution in [0.15, 0.2) is 58.8 Å². The van der Waals surface area contributed by atoms with Gasteiger partial charge in [-0.3, -0.25) is 0 Å². The van der Waals surface area contributed by atoms with Gasteiger partial charge in [0.2, 0.25) is 5.88 Å². The minimum atomic E-state index is -4.74. The molecule has 0 saturated heterocycles. The maximum Gasteiger partial charge on any atom is 0.573 e. The zero-order valence-electron chi connectivity index (χ0n) is 11.5. The number of azo groups is 1. The summed E-state index contributed by atoms with van der Waals surface area (Å²) in [5.74, 6) is -0.474. The Morgan fingerprint density at radius 2 is 1.65 bits per heavy atom. The monoisotopic (exact) mass is 321 g/mol. The molecule has 118 valence electrons. The number of fused-ring (bicyclic) bond motifs is 1. The van der Waals surface area contributed by atoms with Crippen LogP contribution in [0.3, 0.4) is 0 Å². The number of nitrogens with one attached hydrogen (secondary N) is 1. The van der Waals surface area contributed by atoms with E-state index < -0.39 is 6.36 Å². The highest BCUT2D eigenvalue weighted by Crippen LogP contribution is 2.36. The van der Waals surface area contributed by atoms with Gasteiger partial charge in [-0.1, -0.05) is 18.2 Å². The molecule has 5 nitrogen and oxygen atoms in total. The molecule has 23 heavy (non-hydrogen) atoms. The number of benzene rings is 2. The molecule has 0 aliphatic rings. The fraction of sp³-hybridized carbons (Fsp3) is 0.0667. The van der Waals surface area contributed by atoms with Gasteiger partial charge in [0.25, 0.3) is 0 Å². The fourth-order valence-electron chi connectivity index (χ4n) is 2.04. The SMILES string of the molecule is Oc1[nH]c2ccccc2c1N=Nc1ccc(OC(F)(F)F)cc1. The standard InChI is InChI=1S/C15H10F3N3O2/c16-15(17,18)23-10-7-5-9(6-8-10)20-21-13-11-3-1-2-4-12(11)19-14(13)22/h1-8,19,22H. The zero-order valence-corrected chi connectivity index (χ0v) is 11.5. The highest BCUT2D eigenvalue weighted by atomic mass is 19.4. The van der Waals surface area contributed by atoms with Crippen molar-refractivity contribution < 1.29 is 23.0 Å². The highest BCUT2D eigenvalue weighted by molar-refractivity contribution is 5.94. The van der Waals surface area contributed by atoms with Gasteiger partial charge in [0, 0.05) is 5.39 Å². The summed E-state index contributed by atoms with van der Waals surface area (Å²) in [5, 5.41) is 18.4. The number of H-pyrrole nitrogens is 1. The highest BCUT2D eigenvalue weighted by Gasteiger charge is 2.30. The van der Waals surface area contributed by atoms with E-state index in [1.807, 2.05) is 0 Å². The molecule has 0 fully saturated rings. The third-order valence-electron chi connectivity index (χ3n) is 3.00. The summed E-state index contributed by atoms with van der Waals surface area (Å²) in [4.78, 5) is 2.75. The average Bonchev–Trinajstić information content (AvgIpc) is 2.80. The van der Waals surface area contributed by atoms with E-state index in [4.69, 9.17) is 0 Å². The van der Waals surface area contributed by atoms with Crippen LogP contribution in [0.25, 0.3) is 10.9 Å². The van der Waals surface area contributed by atoms with Crippen LogP contribution in [0.5, 0.6) is 11.6 Å². The van der Waals surface area contributed by atoms with Crippen LogP contribution in [0, 0.1) is 0 Å². The van der Waals surface area contributed by atoms with Crippen molar-refractivity contribution in [3.8, 4) is 11.6 Å². The Balaban J connectivity index is 1.83. The molecular weight excluding hydrogens is 311 g/mol. The van der Waals surface area contributed by atoms with Crippen molar-refractivity contribution in [2.45, 2.75) is 6.36 Å². The first kappa shape index (κ1) is 14.9. The molecule has 0 radical (unpaired) electrons. The number of nitrogens with zero attached hydrogens (tertiary/aromatic N) is 2. The number of para-hydroxylation sites is 1. The van der Waals surface area contributed by atoms with Gasteiger partial charge in [0.1, 0.15) is 5.75 Å². The van der Waals surface area contributed by atoms with Gasteiger partial charge < -0.3 is 14.8 Å². The second kappa shape index (κ2) is 5.64. The molecule has 3 aromatic rings. The number of halogens is 3. The Kier molecular flexibility index (Phi) is 3.65. The van der Waals surface area contributed by atoms with Gasteiger partial charge in [0.15, 0.2) is 5.69 Å². The summed E-state index contributed by atoms with van der Waals surface area (Å²) in [7, 11) is 0. The maximum absolute atomic E-state index is 12.1. The lowest BCUT2D eigenvalue weighted by Crippen LogP contribution is -2.16. The molecule has 8 heteroatoms. The van der Waals surface area contributed by atoms with Crippen molar-refractivity contribution in [2.24, 2.45) is 10.2 Å². The zero-order chi connectivity index (χ0) is 16.4. The first-order chi connectivity index (χ1) is 10.9. The quantitative estimate of drug-likeness (QED) is 0.652. The lowest BCUT2D eigenvalue weighted by atomic mass is 10.2. The first-order valence-electron chi connectivity index (χ1n) is 6.49. The van der Waals surface area contributed by atoms with E-state index in [1.54, 1.807) is 24.3 Å². The van der Waals surface area contributed by atoms with Gasteiger partial charge >= 0.3 is 6.36 Å². The van der Waals surface area contributed by atoms with Crippen molar-refractivity contribution in [1.82, 2.24) is 4.98 Å². The van der Waals surface area contributed by atoms with E-state index in [9.17, 15) is 18.3 Å². The molecule has 0 bridgehead atoms. The predicted molar refractivity (Wildman–Crippen MR) is 77.3 cm³/mol. The number of aromatic nitrogens is 1. The minimum Gasteiger partial charge on any atom is -0.493 e. The van der Waals surface area contributed by atoms with E-state index in [2.05, 4.69) is 19.9 Å². The van der Waals surface area contributed by atoms with Gasteiger partial charge in [-0.25, -0.2) is 0 Å². The lowest BCUT2D eigenvalue weighted by Gasteiger charge is -2.07. The summed E-state index contributed by atoms with van der Waals surface area (Å²) in [5.41, 5.74) is 1.29. The van der Waals surface area contributed by atoms with E-state index >= 15 is 0 Å². The van der Waals surface area contributed by atoms with Crippen LogP contribution in [0.1, 0.15) is 0 Å². The van der Waals surface area contributed by atoms with E-state index in [1.165, 1.54) is 12.1 Å². The molecule has 0 unspecified atom stereocenters. The predicted octanol–water partition coefficient (Wildman–Crippen LogP) is 5.19. The van der Waals surface area contributed by atoms with Crippen LogP contribution >= 0.6 is 0 Å². The largest absolute Gasteiger partial charge is 0.573 e. The molecule has 3 rings (SSSR count). The summed E-state index contributed by atoms with van der Waals surface area (Å²) < 4.78 is 40.0. The topological polar surface area (TPSA) is 70.0 Å². The number of hydrogen-bond acceptors (Lipinski definition) is 4. The molecule has 0 amide bonds. The molecule has 1 aromatic heterocycles. The van der Waals surface area contributed by atoms with Crippen molar-refractivity contribution in [1.29, 1.82) is 0 Å². The molecule has 0 aliphatic carbocycles. The number of alkyl halides is 3. The summed E-state index contributed by atoms with van der Waals surface area (Å²) in [6, 6.07) is 12.1. The van der Waals surface area contributed by atoms with Crippen LogP contribution in [-0.4, -0.2) is 16.5 Å². The lowest BCUT2D eigenvalue weighted by molar-refractivity contribution is -0.274. The molecule has 2 aromatic carbocycles. The normalized spacial score (nSPS) is 12.1. The number of rotatable bonds is 3. The van der Waals surface area contributed by atoms with Gasteiger partial charge in [-0.05, 0) is 30.3 Å². The molecule has 0 spiro atoms. The molecular formula is C15H10F3N3O2. The molecule has 2 N–H and O–H groups in total. The third kappa shape index (κ3) is 3.42. The van der Waals surface area contributed by atoms with Crippen LogP contribution < -0.4 is 4.74 Å². The Morgan fingerprint density at radius 3 is 2.35 bits per heavy atom. The minimum absolute atomic E-state index is 0.132. The number of hydrogen-bond donors (Lipinski definition) is 2. The summed E-state index contributed by atoms with van der Waals surface area (Å²) in [6.07, 6.45) is -4.74. The van der Waals surface area contributed by atoms with Gasteiger partial charge in [-0.2, -0.15) is 5.11 Å². The van der Waals surface area contributed by atoms with Crippen molar-refractivity contribution in [3.63, 3.8) is 0 Å². The Morgan fingerprint density at radius 1 is 0.957 bits per heavy atom. The van der Waals surface area contributed by atoms with Crippen molar-refractivity contribution >= 4 is 22.3 Å². The summed E-state index contributed by atoms with van der Waals surface area (Å²) >= 11 is 0. The van der Waals surface area contributed by atoms with Crippen LogP contribution in [-0.2, 0) is 0 Å². The number of aromatic amines is 1. The molecule has 0 saturated carbocycles. The number of ether oxygens (including phenoxy) is 1. The van der Waals surface area contributed by atoms with Crippen LogP contribution in [0.2, 0.25) is 0 Å². The Hall–Kier alpha value is -3.03. The summed E-state index contributed by atoms with van der Waals surface area (Å²) in [6.45, 7) is 0. The van der Waals surface area contributed by atoms with E-state index in [-0.39, 0.29) is 17.3 Å². The second-order valence-electron chi connectivity index (χ2n) is 4.61. The van der Waals surface area contributed by atoms with Crippen molar-refractivity contribution in [2.75, 3.05) is 0 Å². The van der Waals surface area contributed by atoms with Gasteiger partial charge in [0.05, 0.1) is 11.2 Å². The first-order valence-corrected chi connectivity index (χ1v) is 6.49. The maximum atomic E-state index is 12.1. The van der Waals surface area contributed by atoms with Crippen molar-refractivity contribution in [3.05, 3.63) is 48.5 Å². The van der Waals surface area contributed by atoms with Crippen LogP contribution in [0.4, 0.5) is 24.5 Å². The Labute approximate surface area is 128 Å². The Bertz CT molecular complexity index is 855. The third-order valence-corrected chi connectivity index (χ3v) is 3.00. The molecule has 0 atom stereocenters. The fourth-order valence-corrected chi connectivity index (χ4v) is 2.04. The smallest absolute Gasteiger partial charge is 0.493 e. The van der Waals surface area contributed by atoms with E-state index in [0.717, 1.165) is 12.1 Å². The van der Waals surface area contributed by atoms with Gasteiger partial charge in [-0.15, -0.1) is 18.3 Å². The molecule has 1 heterocycles. The number of aromatic hydroxyl groups is 1.